The number of hydrogen-bond donors (Lipinski definition) is 5. The van der Waals surface area contributed by atoms with Crippen molar-refractivity contribution in [3.8, 4) is 16.9 Å². The number of carbonyl (C=O) groups is 2. The second-order valence-corrected chi connectivity index (χ2v) is 7.87. The van der Waals surface area contributed by atoms with Crippen molar-refractivity contribution in [1.29, 1.82) is 0 Å². The molecule has 1 unspecified atom stereocenters. The number of allylic oxidation sites excluding steroid dienone is 1. The maximum absolute atomic E-state index is 12.8. The monoisotopic (exact) mass is 415 g/mol. The van der Waals surface area contributed by atoms with Crippen molar-refractivity contribution < 1.29 is 19.9 Å². The minimum Gasteiger partial charge on any atom is -0.508 e. The van der Waals surface area contributed by atoms with Crippen molar-refractivity contribution in [3.63, 3.8) is 0 Å². The number of benzene rings is 1. The summed E-state index contributed by atoms with van der Waals surface area (Å²) in [4.78, 5) is 27.1. The molecule has 0 fully saturated rings. The van der Waals surface area contributed by atoms with Gasteiger partial charge in [0.2, 0.25) is 5.91 Å². The number of unbranched alkanes of at least 4 members (excludes halogenated alkanes) is 2. The number of phenolic OH excluding ortho intramolecular Hbond substituents is 1. The van der Waals surface area contributed by atoms with Crippen molar-refractivity contribution >= 4 is 23.6 Å². The van der Waals surface area contributed by atoms with Crippen LogP contribution in [0.15, 0.2) is 41.8 Å². The SMILES string of the molecule is O=C(CCCCCNC(=O)c1[nH]c(C2C=CSC2)cc1-c1ccc(O)cc1)NO. The highest BCUT2D eigenvalue weighted by molar-refractivity contribution is 8.02. The smallest absolute Gasteiger partial charge is 0.268 e. The molecular weight excluding hydrogens is 390 g/mol. The lowest BCUT2D eigenvalue weighted by atomic mass is 10.0. The first kappa shape index (κ1) is 21.0. The van der Waals surface area contributed by atoms with Crippen molar-refractivity contribution in [2.45, 2.75) is 31.6 Å². The fraction of sp³-hybridized carbons (Fsp3) is 0.333. The van der Waals surface area contributed by atoms with Crippen LogP contribution in [0.5, 0.6) is 5.75 Å². The van der Waals surface area contributed by atoms with Gasteiger partial charge in [0.1, 0.15) is 11.4 Å². The highest BCUT2D eigenvalue weighted by atomic mass is 32.2. The summed E-state index contributed by atoms with van der Waals surface area (Å²) < 4.78 is 0. The van der Waals surface area contributed by atoms with Gasteiger partial charge in [-0.15, -0.1) is 11.8 Å². The molecule has 1 aliphatic heterocycles. The normalized spacial score (nSPS) is 15.4. The maximum Gasteiger partial charge on any atom is 0.268 e. The number of nitrogens with one attached hydrogen (secondary N) is 3. The Kier molecular flexibility index (Phi) is 7.37. The van der Waals surface area contributed by atoms with Crippen molar-refractivity contribution in [2.24, 2.45) is 0 Å². The molecule has 2 heterocycles. The highest BCUT2D eigenvalue weighted by Gasteiger charge is 2.21. The van der Waals surface area contributed by atoms with E-state index in [4.69, 9.17) is 5.21 Å². The van der Waals surface area contributed by atoms with Crippen LogP contribution < -0.4 is 10.8 Å². The average molecular weight is 416 g/mol. The number of carbonyl (C=O) groups excluding carboxylic acids is 2. The molecule has 1 aromatic heterocycles. The van der Waals surface area contributed by atoms with E-state index in [-0.39, 0.29) is 24.0 Å². The first-order valence-electron chi connectivity index (χ1n) is 9.60. The number of hydrogen-bond acceptors (Lipinski definition) is 5. The van der Waals surface area contributed by atoms with Gasteiger partial charge in [-0.2, -0.15) is 0 Å². The van der Waals surface area contributed by atoms with Crippen LogP contribution >= 0.6 is 11.8 Å². The lowest BCUT2D eigenvalue weighted by Gasteiger charge is -2.07. The quantitative estimate of drug-likeness (QED) is 0.244. The molecule has 0 saturated heterocycles. The van der Waals surface area contributed by atoms with Gasteiger partial charge < -0.3 is 15.4 Å². The Morgan fingerprint density at radius 3 is 2.66 bits per heavy atom. The summed E-state index contributed by atoms with van der Waals surface area (Å²) in [5.41, 5.74) is 4.79. The molecule has 1 aliphatic rings. The standard InChI is InChI=1S/C21H25N3O4S/c25-16-7-5-14(6-8-16)17-12-18(15-9-11-29-13-15)23-20(17)21(27)22-10-3-1-2-4-19(26)24-28/h5-9,11-12,15,23,25,28H,1-4,10,13H2,(H,22,27)(H,24,26). The number of thioether (sulfide) groups is 1. The van der Waals surface area contributed by atoms with E-state index < -0.39 is 5.91 Å². The number of aromatic amines is 1. The van der Waals surface area contributed by atoms with Crippen LogP contribution in [0.2, 0.25) is 0 Å². The van der Waals surface area contributed by atoms with E-state index in [0.717, 1.165) is 35.4 Å². The van der Waals surface area contributed by atoms with Gasteiger partial charge in [-0.05, 0) is 42.0 Å². The molecule has 154 valence electrons. The van der Waals surface area contributed by atoms with Gasteiger partial charge >= 0.3 is 0 Å². The molecule has 0 radical (unpaired) electrons. The molecule has 5 N–H and O–H groups in total. The summed E-state index contributed by atoms with van der Waals surface area (Å²) in [7, 11) is 0. The molecular formula is C21H25N3O4S. The molecule has 1 aromatic carbocycles. The number of H-pyrrole nitrogens is 1. The fourth-order valence-corrected chi connectivity index (χ4v) is 4.12. The van der Waals surface area contributed by atoms with Crippen LogP contribution in [0.1, 0.15) is 47.8 Å². The van der Waals surface area contributed by atoms with E-state index in [1.165, 1.54) is 0 Å². The average Bonchev–Trinajstić information content (AvgIpc) is 3.40. The summed E-state index contributed by atoms with van der Waals surface area (Å²) in [5.74, 6) is 0.793. The minimum absolute atomic E-state index is 0.179. The Bertz CT molecular complexity index is 877. The zero-order valence-corrected chi connectivity index (χ0v) is 16.8. The van der Waals surface area contributed by atoms with Gasteiger partial charge in [-0.1, -0.05) is 24.6 Å². The van der Waals surface area contributed by atoms with E-state index in [2.05, 4.69) is 21.8 Å². The van der Waals surface area contributed by atoms with Gasteiger partial charge in [0.15, 0.2) is 0 Å². The van der Waals surface area contributed by atoms with Gasteiger partial charge in [-0.3, -0.25) is 14.8 Å². The lowest BCUT2D eigenvalue weighted by Crippen LogP contribution is -2.25. The van der Waals surface area contributed by atoms with Crippen LogP contribution in [0.3, 0.4) is 0 Å². The lowest BCUT2D eigenvalue weighted by molar-refractivity contribution is -0.129. The highest BCUT2D eigenvalue weighted by Crippen LogP contribution is 2.34. The third-order valence-electron chi connectivity index (χ3n) is 4.82. The summed E-state index contributed by atoms with van der Waals surface area (Å²) >= 11 is 1.75. The zero-order chi connectivity index (χ0) is 20.6. The van der Waals surface area contributed by atoms with E-state index in [9.17, 15) is 14.7 Å². The second-order valence-electron chi connectivity index (χ2n) is 6.93. The first-order valence-corrected chi connectivity index (χ1v) is 10.6. The summed E-state index contributed by atoms with van der Waals surface area (Å²) in [5, 5.41) is 23.0. The number of aromatic hydroxyl groups is 1. The predicted molar refractivity (Wildman–Crippen MR) is 113 cm³/mol. The second kappa shape index (κ2) is 10.2. The Balaban J connectivity index is 1.66. The topological polar surface area (TPSA) is 114 Å². The number of phenols is 1. The summed E-state index contributed by atoms with van der Waals surface area (Å²) in [6.45, 7) is 0.502. The number of amides is 2. The Morgan fingerprint density at radius 2 is 1.97 bits per heavy atom. The van der Waals surface area contributed by atoms with Crippen LogP contribution in [0.4, 0.5) is 0 Å². The molecule has 2 aromatic rings. The van der Waals surface area contributed by atoms with Crippen LogP contribution in [-0.2, 0) is 4.79 Å². The molecule has 2 amide bonds. The van der Waals surface area contributed by atoms with E-state index in [1.54, 1.807) is 41.5 Å². The van der Waals surface area contributed by atoms with Gasteiger partial charge in [0.05, 0.1) is 0 Å². The Labute approximate surface area is 173 Å². The zero-order valence-electron chi connectivity index (χ0n) is 16.0. The molecule has 0 saturated carbocycles. The molecule has 8 heteroatoms. The largest absolute Gasteiger partial charge is 0.508 e. The van der Waals surface area contributed by atoms with Gasteiger partial charge in [0, 0.05) is 35.9 Å². The Morgan fingerprint density at radius 1 is 1.17 bits per heavy atom. The number of aromatic nitrogens is 1. The molecule has 1 atom stereocenters. The van der Waals surface area contributed by atoms with E-state index in [1.807, 2.05) is 6.07 Å². The van der Waals surface area contributed by atoms with Gasteiger partial charge in [0.25, 0.3) is 5.91 Å². The molecule has 29 heavy (non-hydrogen) atoms. The van der Waals surface area contributed by atoms with Crippen molar-refractivity contribution in [1.82, 2.24) is 15.8 Å². The third-order valence-corrected chi connectivity index (χ3v) is 5.72. The Hall–Kier alpha value is -2.71. The van der Waals surface area contributed by atoms with Crippen molar-refractivity contribution in [2.75, 3.05) is 12.3 Å². The van der Waals surface area contributed by atoms with Gasteiger partial charge in [-0.25, -0.2) is 5.48 Å². The van der Waals surface area contributed by atoms with Crippen LogP contribution in [-0.4, -0.2) is 39.4 Å². The summed E-state index contributed by atoms with van der Waals surface area (Å²) in [6.07, 6.45) is 4.57. The third kappa shape index (κ3) is 5.65. The predicted octanol–water partition coefficient (Wildman–Crippen LogP) is 3.53. The molecule has 0 bridgehead atoms. The van der Waals surface area contributed by atoms with E-state index in [0.29, 0.717) is 18.7 Å². The fourth-order valence-electron chi connectivity index (χ4n) is 3.22. The minimum atomic E-state index is -0.398. The van der Waals surface area contributed by atoms with Crippen LogP contribution in [0, 0.1) is 0 Å². The molecule has 0 spiro atoms. The van der Waals surface area contributed by atoms with Crippen LogP contribution in [0.25, 0.3) is 11.1 Å². The molecule has 0 aliphatic carbocycles. The first-order chi connectivity index (χ1) is 14.1. The summed E-state index contributed by atoms with van der Waals surface area (Å²) in [6, 6.07) is 8.82. The van der Waals surface area contributed by atoms with Crippen molar-refractivity contribution in [3.05, 3.63) is 53.2 Å². The number of hydroxylamine groups is 1. The molecule has 3 rings (SSSR count). The maximum atomic E-state index is 12.8. The molecule has 7 nitrogen and oxygen atoms in total. The van der Waals surface area contributed by atoms with E-state index >= 15 is 0 Å². The number of rotatable bonds is 9.